The maximum absolute atomic E-state index is 15.6. The van der Waals surface area contributed by atoms with Gasteiger partial charge in [-0.2, -0.15) is 0 Å². The number of likely N-dealkylation sites (N-methyl/N-ethyl adjacent to an activating group) is 1. The third-order valence-corrected chi connectivity index (χ3v) is 9.08. The van der Waals surface area contributed by atoms with E-state index >= 15 is 8.78 Å². The first-order valence-electron chi connectivity index (χ1n) is 14.0. The van der Waals surface area contributed by atoms with Gasteiger partial charge in [-0.15, -0.1) is 11.3 Å². The Kier molecular flexibility index (Phi) is 8.42. The van der Waals surface area contributed by atoms with Gasteiger partial charge in [0, 0.05) is 50.0 Å². The van der Waals surface area contributed by atoms with Crippen molar-refractivity contribution in [2.75, 3.05) is 39.8 Å². The van der Waals surface area contributed by atoms with Crippen LogP contribution in [0.5, 0.6) is 0 Å². The molecule has 43 heavy (non-hydrogen) atoms. The highest BCUT2D eigenvalue weighted by Crippen LogP contribution is 2.43. The molecule has 0 radical (unpaired) electrons. The number of carboxylic acids is 1. The first-order valence-corrected chi connectivity index (χ1v) is 14.9. The van der Waals surface area contributed by atoms with E-state index < -0.39 is 53.8 Å². The molecule has 0 amide bonds. The van der Waals surface area contributed by atoms with Crippen molar-refractivity contribution < 1.29 is 32.6 Å². The summed E-state index contributed by atoms with van der Waals surface area (Å²) >= 11 is 1.31. The molecule has 0 unspecified atom stereocenters. The van der Waals surface area contributed by atoms with Crippen molar-refractivity contribution in [1.29, 1.82) is 0 Å². The predicted molar refractivity (Wildman–Crippen MR) is 154 cm³/mol. The molecule has 10 nitrogen and oxygen atoms in total. The molecule has 0 spiro atoms. The van der Waals surface area contributed by atoms with E-state index in [0.717, 1.165) is 0 Å². The van der Waals surface area contributed by atoms with Crippen LogP contribution in [0.2, 0.25) is 0 Å². The lowest BCUT2D eigenvalue weighted by atomic mass is 9.92. The molecule has 3 aliphatic rings. The van der Waals surface area contributed by atoms with Gasteiger partial charge in [-0.05, 0) is 44.9 Å². The Hall–Kier alpha value is -3.33. The lowest BCUT2D eigenvalue weighted by Gasteiger charge is -2.35. The molecule has 0 aliphatic carbocycles. The van der Waals surface area contributed by atoms with Crippen LogP contribution in [0.3, 0.4) is 0 Å². The minimum Gasteiger partial charge on any atom is -0.481 e. The van der Waals surface area contributed by atoms with Gasteiger partial charge in [0.2, 0.25) is 0 Å². The highest BCUT2D eigenvalue weighted by atomic mass is 32.1. The largest absolute Gasteiger partial charge is 0.481 e. The summed E-state index contributed by atoms with van der Waals surface area (Å²) in [4.78, 5) is 36.0. The van der Waals surface area contributed by atoms with Crippen LogP contribution in [0, 0.1) is 18.2 Å². The van der Waals surface area contributed by atoms with Crippen LogP contribution in [0.15, 0.2) is 46.0 Å². The Bertz CT molecular complexity index is 1460. The summed E-state index contributed by atoms with van der Waals surface area (Å²) in [6, 6.07) is 1.71. The van der Waals surface area contributed by atoms with E-state index in [0.29, 0.717) is 27.7 Å². The summed E-state index contributed by atoms with van der Waals surface area (Å²) in [6.45, 7) is 6.02. The molecular formula is C29H35F3N6O4S. The second kappa shape index (κ2) is 11.6. The van der Waals surface area contributed by atoms with E-state index in [1.807, 2.05) is 0 Å². The topological polar surface area (TPSA) is 111 Å². The quantitative estimate of drug-likeness (QED) is 0.408. The molecule has 232 valence electrons. The highest BCUT2D eigenvalue weighted by Gasteiger charge is 2.61. The van der Waals surface area contributed by atoms with E-state index in [1.54, 1.807) is 62.3 Å². The average Bonchev–Trinajstić information content (AvgIpc) is 3.63. The molecule has 2 saturated heterocycles. The Morgan fingerprint density at radius 2 is 2.05 bits per heavy atom. The number of thiazole rings is 1. The number of likely N-dealkylation sites (tertiary alicyclic amines) is 1. The molecule has 0 bridgehead atoms. The summed E-state index contributed by atoms with van der Waals surface area (Å²) in [5, 5.41) is 18.2. The number of hydrazine groups is 1. The Morgan fingerprint density at radius 3 is 2.70 bits per heavy atom. The summed E-state index contributed by atoms with van der Waals surface area (Å²) in [6.07, 6.45) is 1.60. The van der Waals surface area contributed by atoms with E-state index in [-0.39, 0.29) is 31.8 Å². The van der Waals surface area contributed by atoms with E-state index in [2.05, 4.69) is 10.3 Å². The summed E-state index contributed by atoms with van der Waals surface area (Å²) < 4.78 is 51.4. The van der Waals surface area contributed by atoms with Crippen molar-refractivity contribution in [1.82, 2.24) is 25.2 Å². The minimum atomic E-state index is -3.12. The van der Waals surface area contributed by atoms with Crippen LogP contribution in [-0.2, 0) is 14.3 Å². The Labute approximate surface area is 251 Å². The molecule has 2 aromatic rings. The van der Waals surface area contributed by atoms with Gasteiger partial charge in [0.25, 0.3) is 5.92 Å². The number of halogens is 3. The van der Waals surface area contributed by atoms with Gasteiger partial charge < -0.3 is 15.2 Å². The predicted octanol–water partition coefficient (Wildman–Crippen LogP) is 3.46. The van der Waals surface area contributed by atoms with Gasteiger partial charge in [0.05, 0.1) is 24.1 Å². The number of carbonyl (C=O) groups excluding carboxylic acids is 1. The number of nitrogens with one attached hydrogen (secondary N) is 1. The fourth-order valence-corrected chi connectivity index (χ4v) is 6.65. The SMILES string of the molecule is CCOC(=O)C1=C(CN2CC(F)(F)[C@H]3[C@@H]2CN(CC(C)(C)C(=O)O)N3C)NC(c2nccs2)=N[C@H]1c1cccc(F)c1C. The first kappa shape index (κ1) is 31.1. The Morgan fingerprint density at radius 1 is 1.30 bits per heavy atom. The number of aliphatic carboxylic acids is 1. The minimum absolute atomic E-state index is 0.0482. The number of ether oxygens (including phenoxy) is 1. The smallest absolute Gasteiger partial charge is 0.338 e. The fourth-order valence-electron chi connectivity index (χ4n) is 6.06. The van der Waals surface area contributed by atoms with Gasteiger partial charge in [0.1, 0.15) is 17.9 Å². The molecular weight excluding hydrogens is 585 g/mol. The number of aliphatic imine (C=N–C) groups is 1. The molecule has 2 fully saturated rings. The fraction of sp³-hybridized carbons (Fsp3) is 0.517. The number of fused-ring (bicyclic) bond motifs is 1. The number of benzene rings is 1. The summed E-state index contributed by atoms with van der Waals surface area (Å²) in [5.41, 5.74) is 0.0174. The zero-order valence-corrected chi connectivity index (χ0v) is 25.4. The standard InChI is InChI=1S/C29H35F3N6O4S/c1-6-42-26(39)21-19(34-24(25-33-10-11-43-25)35-22(21)17-8-7-9-18(30)16(17)2)12-37-15-29(31,32)23-20(37)13-38(36(23)5)14-28(3,4)27(40)41/h7-11,20,22-23H,6,12-15H2,1-5H3,(H,34,35)(H,40,41)/t20-,22-,23+/m0/s1. The second-order valence-corrected chi connectivity index (χ2v) is 12.6. The van der Waals surface area contributed by atoms with E-state index in [1.165, 1.54) is 28.5 Å². The second-order valence-electron chi connectivity index (χ2n) is 11.7. The van der Waals surface area contributed by atoms with Crippen molar-refractivity contribution in [3.8, 4) is 0 Å². The molecule has 3 aliphatic heterocycles. The third kappa shape index (κ3) is 5.80. The molecule has 3 atom stereocenters. The maximum atomic E-state index is 15.6. The molecule has 4 heterocycles. The number of nitrogens with zero attached hydrogens (tertiary/aromatic N) is 5. The number of rotatable bonds is 9. The molecule has 14 heteroatoms. The van der Waals surface area contributed by atoms with Gasteiger partial charge in [-0.3, -0.25) is 14.7 Å². The normalized spacial score (nSPS) is 24.6. The number of carboxylic acid groups (broad SMARTS) is 1. The van der Waals surface area contributed by atoms with Crippen molar-refractivity contribution in [3.63, 3.8) is 0 Å². The number of amidine groups is 1. The summed E-state index contributed by atoms with van der Waals surface area (Å²) in [7, 11) is 1.55. The lowest BCUT2D eigenvalue weighted by Crippen LogP contribution is -2.50. The van der Waals surface area contributed by atoms with Crippen molar-refractivity contribution >= 4 is 29.1 Å². The number of esters is 1. The number of hydrogen-bond donors (Lipinski definition) is 2. The lowest BCUT2D eigenvalue weighted by molar-refractivity contribution is -0.152. The molecule has 5 rings (SSSR count). The first-order chi connectivity index (χ1) is 20.2. The highest BCUT2D eigenvalue weighted by molar-refractivity contribution is 7.11. The molecule has 1 aromatic heterocycles. The zero-order chi connectivity index (χ0) is 31.3. The molecule has 0 saturated carbocycles. The molecule has 2 N–H and O–H groups in total. The van der Waals surface area contributed by atoms with Crippen LogP contribution in [0.25, 0.3) is 0 Å². The number of carbonyl (C=O) groups is 2. The van der Waals surface area contributed by atoms with Crippen LogP contribution in [0.1, 0.15) is 42.9 Å². The zero-order valence-electron chi connectivity index (χ0n) is 24.6. The van der Waals surface area contributed by atoms with Gasteiger partial charge in [-0.1, -0.05) is 12.1 Å². The third-order valence-electron chi connectivity index (χ3n) is 8.31. The summed E-state index contributed by atoms with van der Waals surface area (Å²) in [5.74, 6) is -4.96. The van der Waals surface area contributed by atoms with Gasteiger partial charge in [0.15, 0.2) is 10.8 Å². The van der Waals surface area contributed by atoms with Crippen LogP contribution in [0.4, 0.5) is 13.2 Å². The Balaban J connectivity index is 1.56. The number of alkyl halides is 2. The monoisotopic (exact) mass is 620 g/mol. The van der Waals surface area contributed by atoms with Crippen molar-refractivity contribution in [3.05, 3.63) is 63.0 Å². The number of hydrogen-bond acceptors (Lipinski definition) is 10. The van der Waals surface area contributed by atoms with Crippen molar-refractivity contribution in [2.24, 2.45) is 10.4 Å². The van der Waals surface area contributed by atoms with Crippen LogP contribution < -0.4 is 5.32 Å². The van der Waals surface area contributed by atoms with Gasteiger partial charge in [-0.25, -0.2) is 33.0 Å². The molecule has 1 aromatic carbocycles. The maximum Gasteiger partial charge on any atom is 0.338 e. The van der Waals surface area contributed by atoms with Crippen LogP contribution in [-0.4, -0.2) is 101 Å². The van der Waals surface area contributed by atoms with Crippen LogP contribution >= 0.6 is 11.3 Å². The van der Waals surface area contributed by atoms with Crippen molar-refractivity contribution in [2.45, 2.75) is 51.7 Å². The number of aromatic nitrogens is 1. The van der Waals surface area contributed by atoms with E-state index in [9.17, 15) is 19.1 Å². The van der Waals surface area contributed by atoms with Gasteiger partial charge >= 0.3 is 11.9 Å². The van der Waals surface area contributed by atoms with E-state index in [4.69, 9.17) is 9.73 Å². The average molecular weight is 621 g/mol.